The number of hydrogen-bond acceptors (Lipinski definition) is 3. The molecule has 2 rings (SSSR count). The van der Waals surface area contributed by atoms with Crippen LogP contribution in [0.1, 0.15) is 18.1 Å². The summed E-state index contributed by atoms with van der Waals surface area (Å²) in [5.41, 5.74) is 2.67. The molecule has 1 aromatic rings. The van der Waals surface area contributed by atoms with Crippen LogP contribution in [-0.4, -0.2) is 31.2 Å². The molecule has 2 unspecified atom stereocenters. The van der Waals surface area contributed by atoms with Gasteiger partial charge in [-0.15, -0.1) is 0 Å². The zero-order valence-corrected chi connectivity index (χ0v) is 12.3. The highest BCUT2D eigenvalue weighted by molar-refractivity contribution is 7.99. The van der Waals surface area contributed by atoms with Crippen LogP contribution in [0, 0.1) is 12.8 Å². The second-order valence-electron chi connectivity index (χ2n) is 4.98. The quantitative estimate of drug-likeness (QED) is 0.884. The van der Waals surface area contributed by atoms with Crippen molar-refractivity contribution in [2.24, 2.45) is 5.92 Å². The molecule has 0 aromatic heterocycles. The largest absolute Gasteiger partial charge is 0.496 e. The second-order valence-corrected chi connectivity index (χ2v) is 6.06. The first-order valence-electron chi connectivity index (χ1n) is 6.69. The minimum atomic E-state index is 0.658. The zero-order valence-electron chi connectivity index (χ0n) is 11.5. The van der Waals surface area contributed by atoms with Gasteiger partial charge in [-0.3, -0.25) is 0 Å². The van der Waals surface area contributed by atoms with Gasteiger partial charge in [0.1, 0.15) is 5.75 Å². The molecule has 1 aromatic carbocycles. The molecule has 2 nitrogen and oxygen atoms in total. The van der Waals surface area contributed by atoms with E-state index in [-0.39, 0.29) is 0 Å². The maximum absolute atomic E-state index is 5.48. The van der Waals surface area contributed by atoms with Gasteiger partial charge in [0.25, 0.3) is 0 Å². The Hall–Kier alpha value is -0.670. The summed E-state index contributed by atoms with van der Waals surface area (Å²) in [4.78, 5) is 0. The van der Waals surface area contributed by atoms with Gasteiger partial charge in [0.15, 0.2) is 0 Å². The minimum Gasteiger partial charge on any atom is -0.496 e. The van der Waals surface area contributed by atoms with E-state index in [0.717, 1.165) is 24.6 Å². The van der Waals surface area contributed by atoms with Gasteiger partial charge in [-0.05, 0) is 43.2 Å². The highest BCUT2D eigenvalue weighted by Crippen LogP contribution is 2.30. The van der Waals surface area contributed by atoms with Crippen LogP contribution in [0.5, 0.6) is 5.75 Å². The number of rotatable bonds is 5. The lowest BCUT2D eigenvalue weighted by Gasteiger charge is -2.20. The summed E-state index contributed by atoms with van der Waals surface area (Å²) in [5, 5.41) is 3.61. The SMILES string of the molecule is CCNC1CSCC1Cc1cc(C)ccc1OC. The van der Waals surface area contributed by atoms with Gasteiger partial charge in [0.2, 0.25) is 0 Å². The Labute approximate surface area is 114 Å². The first-order valence-corrected chi connectivity index (χ1v) is 7.84. The third-order valence-corrected chi connectivity index (χ3v) is 4.84. The predicted molar refractivity (Wildman–Crippen MR) is 79.7 cm³/mol. The normalized spacial score (nSPS) is 23.3. The molecule has 1 heterocycles. The van der Waals surface area contributed by atoms with Crippen LogP contribution in [0.3, 0.4) is 0 Å². The van der Waals surface area contributed by atoms with Gasteiger partial charge in [-0.2, -0.15) is 11.8 Å². The maximum Gasteiger partial charge on any atom is 0.122 e. The fraction of sp³-hybridized carbons (Fsp3) is 0.600. The summed E-state index contributed by atoms with van der Waals surface area (Å²) in [6.07, 6.45) is 1.12. The van der Waals surface area contributed by atoms with Gasteiger partial charge in [0.05, 0.1) is 7.11 Å². The van der Waals surface area contributed by atoms with Crippen molar-refractivity contribution in [1.29, 1.82) is 0 Å². The molecule has 18 heavy (non-hydrogen) atoms. The van der Waals surface area contributed by atoms with Crippen molar-refractivity contribution in [2.75, 3.05) is 25.2 Å². The van der Waals surface area contributed by atoms with E-state index < -0.39 is 0 Å². The van der Waals surface area contributed by atoms with E-state index in [4.69, 9.17) is 4.74 Å². The minimum absolute atomic E-state index is 0.658. The van der Waals surface area contributed by atoms with Crippen LogP contribution in [0.4, 0.5) is 0 Å². The lowest BCUT2D eigenvalue weighted by molar-refractivity contribution is 0.394. The molecule has 3 heteroatoms. The number of benzene rings is 1. The van der Waals surface area contributed by atoms with E-state index in [0.29, 0.717) is 6.04 Å². The Kier molecular flexibility index (Phi) is 4.95. The molecule has 1 aliphatic rings. The van der Waals surface area contributed by atoms with Crippen molar-refractivity contribution in [3.05, 3.63) is 29.3 Å². The number of ether oxygens (including phenoxy) is 1. The van der Waals surface area contributed by atoms with Crippen molar-refractivity contribution in [1.82, 2.24) is 5.32 Å². The summed E-state index contributed by atoms with van der Waals surface area (Å²) in [5.74, 6) is 4.26. The van der Waals surface area contributed by atoms with E-state index in [1.807, 2.05) is 0 Å². The molecular formula is C15H23NOS. The number of hydrogen-bond donors (Lipinski definition) is 1. The number of aryl methyl sites for hydroxylation is 1. The molecule has 0 bridgehead atoms. The highest BCUT2D eigenvalue weighted by Gasteiger charge is 2.27. The molecule has 100 valence electrons. The number of nitrogens with one attached hydrogen (secondary N) is 1. The predicted octanol–water partition coefficient (Wildman–Crippen LogP) is 2.89. The average molecular weight is 265 g/mol. The standard InChI is InChI=1S/C15H23NOS/c1-4-16-14-10-18-9-13(14)8-12-7-11(2)5-6-15(12)17-3/h5-7,13-14,16H,4,8-10H2,1-3H3. The van der Waals surface area contributed by atoms with E-state index in [1.165, 1.54) is 22.6 Å². The molecule has 2 atom stereocenters. The molecule has 0 saturated carbocycles. The first kappa shape index (κ1) is 13.8. The zero-order chi connectivity index (χ0) is 13.0. The van der Waals surface area contributed by atoms with Crippen LogP contribution < -0.4 is 10.1 Å². The van der Waals surface area contributed by atoms with Crippen molar-refractivity contribution in [2.45, 2.75) is 26.3 Å². The van der Waals surface area contributed by atoms with Crippen molar-refractivity contribution >= 4 is 11.8 Å². The Balaban J connectivity index is 2.10. The van der Waals surface area contributed by atoms with E-state index in [9.17, 15) is 0 Å². The Bertz CT molecular complexity index is 394. The number of methoxy groups -OCH3 is 1. The first-order chi connectivity index (χ1) is 8.74. The van der Waals surface area contributed by atoms with Gasteiger partial charge in [-0.25, -0.2) is 0 Å². The summed E-state index contributed by atoms with van der Waals surface area (Å²) in [6, 6.07) is 7.14. The summed E-state index contributed by atoms with van der Waals surface area (Å²) in [6.45, 7) is 5.40. The molecule has 1 saturated heterocycles. The molecule has 0 radical (unpaired) electrons. The summed E-state index contributed by atoms with van der Waals surface area (Å²) < 4.78 is 5.48. The van der Waals surface area contributed by atoms with Gasteiger partial charge < -0.3 is 10.1 Å². The van der Waals surface area contributed by atoms with E-state index in [1.54, 1.807) is 7.11 Å². The van der Waals surface area contributed by atoms with Crippen LogP contribution in [0.2, 0.25) is 0 Å². The molecule has 0 spiro atoms. The molecule has 0 amide bonds. The van der Waals surface area contributed by atoms with E-state index in [2.05, 4.69) is 49.1 Å². The Morgan fingerprint density at radius 2 is 2.22 bits per heavy atom. The Morgan fingerprint density at radius 3 is 2.94 bits per heavy atom. The topological polar surface area (TPSA) is 21.3 Å². The molecule has 1 N–H and O–H groups in total. The van der Waals surface area contributed by atoms with Crippen LogP contribution in [-0.2, 0) is 6.42 Å². The van der Waals surface area contributed by atoms with Crippen molar-refractivity contribution in [3.63, 3.8) is 0 Å². The third-order valence-electron chi connectivity index (χ3n) is 3.58. The van der Waals surface area contributed by atoms with Crippen molar-refractivity contribution < 1.29 is 4.74 Å². The second kappa shape index (κ2) is 6.48. The van der Waals surface area contributed by atoms with Crippen LogP contribution in [0.25, 0.3) is 0 Å². The Morgan fingerprint density at radius 1 is 1.39 bits per heavy atom. The molecule has 0 aliphatic carbocycles. The average Bonchev–Trinajstić information content (AvgIpc) is 2.78. The molecule has 1 aliphatic heterocycles. The van der Waals surface area contributed by atoms with Gasteiger partial charge in [0, 0.05) is 11.8 Å². The fourth-order valence-electron chi connectivity index (χ4n) is 2.64. The monoisotopic (exact) mass is 265 g/mol. The highest BCUT2D eigenvalue weighted by atomic mass is 32.2. The molecular weight excluding hydrogens is 242 g/mol. The van der Waals surface area contributed by atoms with E-state index >= 15 is 0 Å². The smallest absolute Gasteiger partial charge is 0.122 e. The van der Waals surface area contributed by atoms with Gasteiger partial charge >= 0.3 is 0 Å². The molecule has 1 fully saturated rings. The van der Waals surface area contributed by atoms with Gasteiger partial charge in [-0.1, -0.05) is 24.6 Å². The maximum atomic E-state index is 5.48. The summed E-state index contributed by atoms with van der Waals surface area (Å²) in [7, 11) is 1.76. The lowest BCUT2D eigenvalue weighted by atomic mass is 9.93. The third kappa shape index (κ3) is 3.21. The van der Waals surface area contributed by atoms with Crippen molar-refractivity contribution in [3.8, 4) is 5.75 Å². The van der Waals surface area contributed by atoms with Crippen LogP contribution >= 0.6 is 11.8 Å². The number of thioether (sulfide) groups is 1. The lowest BCUT2D eigenvalue weighted by Crippen LogP contribution is -2.36. The fourth-order valence-corrected chi connectivity index (χ4v) is 4.07. The summed E-state index contributed by atoms with van der Waals surface area (Å²) >= 11 is 2.06. The van der Waals surface area contributed by atoms with Crippen LogP contribution in [0.15, 0.2) is 18.2 Å².